The van der Waals surface area contributed by atoms with Crippen LogP contribution in [0.1, 0.15) is 21.8 Å². The SMILES string of the molecule is COc1ccccc1-c1noc(COC(=O)c2ccc([N+](=O)[O-])c(C)c2)n1. The molecule has 9 heteroatoms. The van der Waals surface area contributed by atoms with Crippen LogP contribution in [0.4, 0.5) is 5.69 Å². The van der Waals surface area contributed by atoms with Gasteiger partial charge in [0.25, 0.3) is 11.6 Å². The molecule has 0 spiro atoms. The average molecular weight is 369 g/mol. The van der Waals surface area contributed by atoms with E-state index in [1.54, 1.807) is 19.1 Å². The number of rotatable bonds is 6. The fourth-order valence-electron chi connectivity index (χ4n) is 2.45. The molecule has 0 fully saturated rings. The zero-order chi connectivity index (χ0) is 19.4. The molecule has 1 aromatic heterocycles. The van der Waals surface area contributed by atoms with Gasteiger partial charge in [-0.3, -0.25) is 10.1 Å². The molecule has 0 N–H and O–H groups in total. The average Bonchev–Trinajstić information content (AvgIpc) is 3.14. The zero-order valence-electron chi connectivity index (χ0n) is 14.5. The fourth-order valence-corrected chi connectivity index (χ4v) is 2.45. The number of aromatic nitrogens is 2. The Labute approximate surface area is 153 Å². The molecule has 0 aliphatic rings. The lowest BCUT2D eigenvalue weighted by atomic mass is 10.1. The number of para-hydroxylation sites is 1. The van der Waals surface area contributed by atoms with Crippen LogP contribution >= 0.6 is 0 Å². The number of esters is 1. The van der Waals surface area contributed by atoms with Gasteiger partial charge in [-0.15, -0.1) is 0 Å². The minimum Gasteiger partial charge on any atom is -0.496 e. The van der Waals surface area contributed by atoms with Gasteiger partial charge in [0, 0.05) is 11.6 Å². The summed E-state index contributed by atoms with van der Waals surface area (Å²) in [7, 11) is 1.54. The lowest BCUT2D eigenvalue weighted by Crippen LogP contribution is -2.06. The van der Waals surface area contributed by atoms with Gasteiger partial charge in [0.05, 0.1) is 23.2 Å². The van der Waals surface area contributed by atoms with Gasteiger partial charge in [-0.1, -0.05) is 17.3 Å². The maximum Gasteiger partial charge on any atom is 0.338 e. The number of hydrogen-bond acceptors (Lipinski definition) is 8. The van der Waals surface area contributed by atoms with E-state index in [2.05, 4.69) is 10.1 Å². The molecule has 0 unspecified atom stereocenters. The number of nitro groups is 1. The number of carbonyl (C=O) groups excluding carboxylic acids is 1. The number of nitrogens with zero attached hydrogens (tertiary/aromatic N) is 3. The molecular weight excluding hydrogens is 354 g/mol. The lowest BCUT2D eigenvalue weighted by Gasteiger charge is -2.04. The predicted octanol–water partition coefficient (Wildman–Crippen LogP) is 3.32. The van der Waals surface area contributed by atoms with Crippen LogP contribution in [-0.4, -0.2) is 28.1 Å². The highest BCUT2D eigenvalue weighted by molar-refractivity contribution is 5.90. The Balaban J connectivity index is 1.69. The Kier molecular flexibility index (Phi) is 5.11. The summed E-state index contributed by atoms with van der Waals surface area (Å²) in [5, 5.41) is 14.7. The van der Waals surface area contributed by atoms with E-state index in [0.29, 0.717) is 22.7 Å². The molecule has 1 heterocycles. The molecule has 0 radical (unpaired) electrons. The third kappa shape index (κ3) is 3.92. The third-order valence-corrected chi connectivity index (χ3v) is 3.77. The monoisotopic (exact) mass is 369 g/mol. The second-order valence-corrected chi connectivity index (χ2v) is 5.55. The van der Waals surface area contributed by atoms with Gasteiger partial charge in [0.1, 0.15) is 5.75 Å². The number of benzene rings is 2. The van der Waals surface area contributed by atoms with E-state index in [0.717, 1.165) is 0 Å². The number of nitro benzene ring substituents is 1. The molecular formula is C18H15N3O6. The molecule has 0 aliphatic heterocycles. The summed E-state index contributed by atoms with van der Waals surface area (Å²) in [6, 6.07) is 11.2. The Hall–Kier alpha value is -3.75. The maximum absolute atomic E-state index is 12.1. The van der Waals surface area contributed by atoms with Gasteiger partial charge in [0.15, 0.2) is 6.61 Å². The molecule has 138 valence electrons. The predicted molar refractivity (Wildman–Crippen MR) is 93.2 cm³/mol. The van der Waals surface area contributed by atoms with Gasteiger partial charge < -0.3 is 14.0 Å². The molecule has 9 nitrogen and oxygen atoms in total. The zero-order valence-corrected chi connectivity index (χ0v) is 14.5. The highest BCUT2D eigenvalue weighted by Gasteiger charge is 2.17. The Morgan fingerprint density at radius 2 is 2.04 bits per heavy atom. The molecule has 0 amide bonds. The van der Waals surface area contributed by atoms with E-state index in [1.165, 1.54) is 25.3 Å². The Morgan fingerprint density at radius 3 is 2.74 bits per heavy atom. The fraction of sp³-hybridized carbons (Fsp3) is 0.167. The number of aryl methyl sites for hydroxylation is 1. The second-order valence-electron chi connectivity index (χ2n) is 5.55. The van der Waals surface area contributed by atoms with Crippen LogP contribution in [0.3, 0.4) is 0 Å². The summed E-state index contributed by atoms with van der Waals surface area (Å²) >= 11 is 0. The van der Waals surface area contributed by atoms with Gasteiger partial charge in [0.2, 0.25) is 5.82 Å². The van der Waals surface area contributed by atoms with Gasteiger partial charge >= 0.3 is 5.97 Å². The van der Waals surface area contributed by atoms with E-state index in [1.807, 2.05) is 12.1 Å². The van der Waals surface area contributed by atoms with E-state index in [-0.39, 0.29) is 23.7 Å². The first-order chi connectivity index (χ1) is 13.0. The number of methoxy groups -OCH3 is 1. The summed E-state index contributed by atoms with van der Waals surface area (Å²) in [6.07, 6.45) is 0. The number of ether oxygens (including phenoxy) is 2. The minimum absolute atomic E-state index is 0.0649. The smallest absolute Gasteiger partial charge is 0.338 e. The molecule has 3 rings (SSSR count). The van der Waals surface area contributed by atoms with Crippen molar-refractivity contribution < 1.29 is 23.7 Å². The first-order valence-electron chi connectivity index (χ1n) is 7.87. The van der Waals surface area contributed by atoms with Crippen LogP contribution < -0.4 is 4.74 Å². The molecule has 3 aromatic rings. The highest BCUT2D eigenvalue weighted by Crippen LogP contribution is 2.27. The molecule has 0 saturated carbocycles. The summed E-state index contributed by atoms with van der Waals surface area (Å²) in [5.41, 5.74) is 1.14. The molecule has 2 aromatic carbocycles. The standard InChI is InChI=1S/C18H15N3O6/c1-11-9-12(7-8-14(11)21(23)24)18(22)26-10-16-19-17(20-27-16)13-5-3-4-6-15(13)25-2/h3-9H,10H2,1-2H3. The Bertz CT molecular complexity index is 998. The van der Waals surface area contributed by atoms with E-state index >= 15 is 0 Å². The van der Waals surface area contributed by atoms with Crippen molar-refractivity contribution >= 4 is 11.7 Å². The first kappa shape index (κ1) is 18.1. The van der Waals surface area contributed by atoms with Gasteiger partial charge in [-0.05, 0) is 31.2 Å². The van der Waals surface area contributed by atoms with Crippen molar-refractivity contribution in [3.05, 3.63) is 69.6 Å². The van der Waals surface area contributed by atoms with Crippen molar-refractivity contribution in [3.8, 4) is 17.1 Å². The van der Waals surface area contributed by atoms with Gasteiger partial charge in [-0.2, -0.15) is 4.98 Å². The summed E-state index contributed by atoms with van der Waals surface area (Å²) < 4.78 is 15.5. The topological polar surface area (TPSA) is 118 Å². The number of carbonyl (C=O) groups is 1. The van der Waals surface area contributed by atoms with Crippen LogP contribution in [0.15, 0.2) is 47.0 Å². The van der Waals surface area contributed by atoms with Crippen LogP contribution in [0, 0.1) is 17.0 Å². The van der Waals surface area contributed by atoms with Crippen LogP contribution in [0.5, 0.6) is 5.75 Å². The largest absolute Gasteiger partial charge is 0.496 e. The van der Waals surface area contributed by atoms with Crippen LogP contribution in [0.2, 0.25) is 0 Å². The van der Waals surface area contributed by atoms with Crippen molar-refractivity contribution in [1.82, 2.24) is 10.1 Å². The van der Waals surface area contributed by atoms with Crippen LogP contribution in [-0.2, 0) is 11.3 Å². The quantitative estimate of drug-likeness (QED) is 0.369. The van der Waals surface area contributed by atoms with Crippen molar-refractivity contribution in [2.75, 3.05) is 7.11 Å². The third-order valence-electron chi connectivity index (χ3n) is 3.77. The van der Waals surface area contributed by atoms with Crippen molar-refractivity contribution in [3.63, 3.8) is 0 Å². The maximum atomic E-state index is 12.1. The molecule has 0 aliphatic carbocycles. The number of hydrogen-bond donors (Lipinski definition) is 0. The van der Waals surface area contributed by atoms with Crippen molar-refractivity contribution in [1.29, 1.82) is 0 Å². The summed E-state index contributed by atoms with van der Waals surface area (Å²) in [4.78, 5) is 26.6. The van der Waals surface area contributed by atoms with Crippen molar-refractivity contribution in [2.45, 2.75) is 13.5 Å². The summed E-state index contributed by atoms with van der Waals surface area (Å²) in [6.45, 7) is 1.32. The van der Waals surface area contributed by atoms with Crippen LogP contribution in [0.25, 0.3) is 11.4 Å². The van der Waals surface area contributed by atoms with E-state index in [9.17, 15) is 14.9 Å². The molecule has 0 bridgehead atoms. The highest BCUT2D eigenvalue weighted by atomic mass is 16.6. The molecule has 0 atom stereocenters. The summed E-state index contributed by atoms with van der Waals surface area (Å²) in [5.74, 6) is 0.362. The molecule has 0 saturated heterocycles. The van der Waals surface area contributed by atoms with Gasteiger partial charge in [-0.25, -0.2) is 4.79 Å². The Morgan fingerprint density at radius 1 is 1.26 bits per heavy atom. The minimum atomic E-state index is -0.648. The lowest BCUT2D eigenvalue weighted by molar-refractivity contribution is -0.385. The second kappa shape index (κ2) is 7.65. The van der Waals surface area contributed by atoms with Crippen molar-refractivity contribution in [2.24, 2.45) is 0 Å². The normalized spacial score (nSPS) is 10.4. The van der Waals surface area contributed by atoms with E-state index in [4.69, 9.17) is 14.0 Å². The molecule has 27 heavy (non-hydrogen) atoms. The van der Waals surface area contributed by atoms with E-state index < -0.39 is 10.9 Å². The first-order valence-corrected chi connectivity index (χ1v) is 7.87.